The van der Waals surface area contributed by atoms with Gasteiger partial charge in [-0.1, -0.05) is 31.2 Å². The zero-order chi connectivity index (χ0) is 18.1. The van der Waals surface area contributed by atoms with Crippen LogP contribution in [0.2, 0.25) is 0 Å². The Morgan fingerprint density at radius 1 is 1.08 bits per heavy atom. The van der Waals surface area contributed by atoms with Crippen LogP contribution >= 0.6 is 0 Å². The average molecular weight is 346 g/mol. The molecule has 0 saturated heterocycles. The highest BCUT2D eigenvalue weighted by atomic mass is 16.2. The molecule has 6 heteroatoms. The van der Waals surface area contributed by atoms with Gasteiger partial charge in [-0.2, -0.15) is 5.10 Å². The Hall–Kier alpha value is -3.41. The third kappa shape index (κ3) is 2.75. The quantitative estimate of drug-likeness (QED) is 0.557. The fourth-order valence-electron chi connectivity index (χ4n) is 3.18. The number of hydrogen-bond donors (Lipinski definition) is 2. The van der Waals surface area contributed by atoms with E-state index >= 15 is 0 Å². The minimum absolute atomic E-state index is 0.0206. The molecule has 0 aliphatic heterocycles. The number of amides is 1. The predicted octanol–water partition coefficient (Wildman–Crippen LogP) is 3.08. The molecule has 0 aliphatic carbocycles. The zero-order valence-electron chi connectivity index (χ0n) is 14.3. The Labute approximate surface area is 149 Å². The van der Waals surface area contributed by atoms with Gasteiger partial charge >= 0.3 is 0 Å². The highest BCUT2D eigenvalue weighted by Gasteiger charge is 2.13. The monoisotopic (exact) mass is 346 g/mol. The van der Waals surface area contributed by atoms with Crippen molar-refractivity contribution in [3.63, 3.8) is 0 Å². The van der Waals surface area contributed by atoms with Crippen LogP contribution in [0, 0.1) is 0 Å². The van der Waals surface area contributed by atoms with Gasteiger partial charge in [0, 0.05) is 22.5 Å². The standard InChI is InChI=1S/C20H18N4O2/c1-2-13-11-18(23-22-13)21-19(25)12-24-16-9-5-3-7-14(16)20(26)15-8-4-6-10-17(15)24/h3-11H,2,12H2,1H3,(H2,21,22,23,25). The van der Waals surface area contributed by atoms with Crippen LogP contribution in [0.15, 0.2) is 59.4 Å². The van der Waals surface area contributed by atoms with Gasteiger partial charge in [-0.25, -0.2) is 0 Å². The molecule has 6 nitrogen and oxygen atoms in total. The average Bonchev–Trinajstić information content (AvgIpc) is 3.12. The number of aromatic nitrogens is 3. The summed E-state index contributed by atoms with van der Waals surface area (Å²) < 4.78 is 1.87. The van der Waals surface area contributed by atoms with E-state index in [-0.39, 0.29) is 17.9 Å². The summed E-state index contributed by atoms with van der Waals surface area (Å²) in [4.78, 5) is 25.3. The molecule has 1 amide bonds. The van der Waals surface area contributed by atoms with Gasteiger partial charge in [0.1, 0.15) is 6.54 Å². The molecular formula is C20H18N4O2. The van der Waals surface area contributed by atoms with Crippen molar-refractivity contribution in [3.05, 3.63) is 70.5 Å². The first kappa shape index (κ1) is 16.1. The summed E-state index contributed by atoms with van der Waals surface area (Å²) >= 11 is 0. The van der Waals surface area contributed by atoms with E-state index in [4.69, 9.17) is 0 Å². The van der Waals surface area contributed by atoms with Crippen molar-refractivity contribution in [1.29, 1.82) is 0 Å². The molecule has 0 fully saturated rings. The molecular weight excluding hydrogens is 328 g/mol. The van der Waals surface area contributed by atoms with Gasteiger partial charge in [0.2, 0.25) is 5.91 Å². The second-order valence-corrected chi connectivity index (χ2v) is 6.13. The second-order valence-electron chi connectivity index (χ2n) is 6.13. The molecule has 2 aromatic heterocycles. The van der Waals surface area contributed by atoms with Crippen molar-refractivity contribution in [2.24, 2.45) is 0 Å². The number of nitrogens with one attached hydrogen (secondary N) is 2. The number of aromatic amines is 1. The maximum absolute atomic E-state index is 12.7. The van der Waals surface area contributed by atoms with E-state index in [1.165, 1.54) is 0 Å². The molecule has 0 spiro atoms. The van der Waals surface area contributed by atoms with Crippen LogP contribution in [0.4, 0.5) is 5.82 Å². The molecule has 0 bridgehead atoms. The van der Waals surface area contributed by atoms with Gasteiger partial charge in [-0.05, 0) is 30.7 Å². The molecule has 0 saturated carbocycles. The Kier molecular flexibility index (Phi) is 4.01. The molecule has 2 N–H and O–H groups in total. The first-order valence-corrected chi connectivity index (χ1v) is 8.52. The summed E-state index contributed by atoms with van der Waals surface area (Å²) in [7, 11) is 0. The van der Waals surface area contributed by atoms with Crippen LogP contribution in [-0.2, 0) is 17.8 Å². The van der Waals surface area contributed by atoms with Gasteiger partial charge in [0.25, 0.3) is 0 Å². The molecule has 2 heterocycles. The van der Waals surface area contributed by atoms with Crippen molar-refractivity contribution in [1.82, 2.24) is 14.8 Å². The summed E-state index contributed by atoms with van der Waals surface area (Å²) in [5.41, 5.74) is 2.41. The fourth-order valence-corrected chi connectivity index (χ4v) is 3.18. The van der Waals surface area contributed by atoms with Gasteiger partial charge in [0.05, 0.1) is 11.0 Å². The van der Waals surface area contributed by atoms with Gasteiger partial charge in [-0.15, -0.1) is 0 Å². The summed E-state index contributed by atoms with van der Waals surface area (Å²) in [5, 5.41) is 11.0. The van der Waals surface area contributed by atoms with Crippen LogP contribution < -0.4 is 10.7 Å². The predicted molar refractivity (Wildman–Crippen MR) is 102 cm³/mol. The number of benzene rings is 2. The van der Waals surface area contributed by atoms with Crippen molar-refractivity contribution >= 4 is 33.5 Å². The Balaban J connectivity index is 1.78. The number of fused-ring (bicyclic) bond motifs is 2. The SMILES string of the molecule is CCc1cc(NC(=O)Cn2c3ccccc3c(=O)c3ccccc32)n[nH]1. The van der Waals surface area contributed by atoms with Gasteiger partial charge in [-0.3, -0.25) is 14.7 Å². The molecule has 0 radical (unpaired) electrons. The summed E-state index contributed by atoms with van der Waals surface area (Å²) in [6.07, 6.45) is 0.817. The number of anilines is 1. The van der Waals surface area contributed by atoms with Gasteiger partial charge < -0.3 is 9.88 Å². The minimum Gasteiger partial charge on any atom is -0.331 e. The number of para-hydroxylation sites is 2. The highest BCUT2D eigenvalue weighted by molar-refractivity contribution is 5.96. The van der Waals surface area contributed by atoms with E-state index in [1.807, 2.05) is 54.0 Å². The summed E-state index contributed by atoms with van der Waals surface area (Å²) in [6, 6.07) is 16.5. The molecule has 2 aromatic carbocycles. The fraction of sp³-hybridized carbons (Fsp3) is 0.150. The van der Waals surface area contributed by atoms with Crippen LogP contribution in [-0.4, -0.2) is 20.7 Å². The van der Waals surface area contributed by atoms with Crippen LogP contribution in [0.3, 0.4) is 0 Å². The lowest BCUT2D eigenvalue weighted by molar-refractivity contribution is -0.116. The van der Waals surface area contributed by atoms with E-state index in [1.54, 1.807) is 12.1 Å². The van der Waals surface area contributed by atoms with Crippen LogP contribution in [0.1, 0.15) is 12.6 Å². The number of aryl methyl sites for hydroxylation is 1. The number of carbonyl (C=O) groups excluding carboxylic acids is 1. The van der Waals surface area contributed by atoms with Crippen molar-refractivity contribution in [2.45, 2.75) is 19.9 Å². The molecule has 0 unspecified atom stereocenters. The lowest BCUT2D eigenvalue weighted by Crippen LogP contribution is -2.21. The van der Waals surface area contributed by atoms with E-state index in [0.717, 1.165) is 23.1 Å². The van der Waals surface area contributed by atoms with E-state index in [9.17, 15) is 9.59 Å². The Morgan fingerprint density at radius 3 is 2.27 bits per heavy atom. The lowest BCUT2D eigenvalue weighted by Gasteiger charge is -2.14. The Bertz CT molecular complexity index is 1110. The van der Waals surface area contributed by atoms with Crippen molar-refractivity contribution in [3.8, 4) is 0 Å². The first-order valence-electron chi connectivity index (χ1n) is 8.52. The second kappa shape index (κ2) is 6.48. The number of nitrogens with zero attached hydrogens (tertiary/aromatic N) is 2. The number of carbonyl (C=O) groups is 1. The third-order valence-corrected chi connectivity index (χ3v) is 4.46. The number of pyridine rings is 1. The molecule has 4 rings (SSSR count). The zero-order valence-corrected chi connectivity index (χ0v) is 14.3. The summed E-state index contributed by atoms with van der Waals surface area (Å²) in [6.45, 7) is 2.10. The van der Waals surface area contributed by atoms with Gasteiger partial charge in [0.15, 0.2) is 11.2 Å². The van der Waals surface area contributed by atoms with E-state index in [0.29, 0.717) is 16.6 Å². The molecule has 130 valence electrons. The van der Waals surface area contributed by atoms with E-state index in [2.05, 4.69) is 15.5 Å². The molecule has 0 atom stereocenters. The summed E-state index contributed by atoms with van der Waals surface area (Å²) in [5.74, 6) is 0.305. The minimum atomic E-state index is -0.196. The number of hydrogen-bond acceptors (Lipinski definition) is 3. The molecule has 4 aromatic rings. The highest BCUT2D eigenvalue weighted by Crippen LogP contribution is 2.19. The molecule has 0 aliphatic rings. The Morgan fingerprint density at radius 2 is 1.69 bits per heavy atom. The van der Waals surface area contributed by atoms with Crippen LogP contribution in [0.25, 0.3) is 21.8 Å². The van der Waals surface area contributed by atoms with Crippen molar-refractivity contribution < 1.29 is 4.79 Å². The van der Waals surface area contributed by atoms with Crippen molar-refractivity contribution in [2.75, 3.05) is 5.32 Å². The smallest absolute Gasteiger partial charge is 0.245 e. The number of rotatable bonds is 4. The lowest BCUT2D eigenvalue weighted by atomic mass is 10.1. The third-order valence-electron chi connectivity index (χ3n) is 4.46. The topological polar surface area (TPSA) is 79.8 Å². The largest absolute Gasteiger partial charge is 0.331 e. The maximum atomic E-state index is 12.7. The number of H-pyrrole nitrogens is 1. The molecule has 26 heavy (non-hydrogen) atoms. The normalized spacial score (nSPS) is 11.1. The van der Waals surface area contributed by atoms with E-state index < -0.39 is 0 Å². The first-order chi connectivity index (χ1) is 12.7. The maximum Gasteiger partial charge on any atom is 0.245 e. The van der Waals surface area contributed by atoms with Crippen LogP contribution in [0.5, 0.6) is 0 Å².